The highest BCUT2D eigenvalue weighted by Crippen LogP contribution is 2.24. The van der Waals surface area contributed by atoms with E-state index in [-0.39, 0.29) is 5.78 Å². The third-order valence-corrected chi connectivity index (χ3v) is 4.51. The van der Waals surface area contributed by atoms with Crippen LogP contribution in [0.5, 0.6) is 0 Å². The fourth-order valence-corrected chi connectivity index (χ4v) is 3.30. The minimum atomic E-state index is 0.0699. The quantitative estimate of drug-likeness (QED) is 0.726. The molecule has 110 valence electrons. The summed E-state index contributed by atoms with van der Waals surface area (Å²) in [5.41, 5.74) is 0.542. The van der Waals surface area contributed by atoms with Gasteiger partial charge < -0.3 is 0 Å². The molecule has 20 heavy (non-hydrogen) atoms. The van der Waals surface area contributed by atoms with Crippen LogP contribution in [0.25, 0.3) is 0 Å². The number of likely N-dealkylation sites (tertiary alicyclic amines) is 1. The fraction of sp³-hybridized carbons (Fsp3) is 0.562. The zero-order valence-electron chi connectivity index (χ0n) is 11.9. The van der Waals surface area contributed by atoms with E-state index in [0.29, 0.717) is 28.2 Å². The standard InChI is InChI=1S/C16H21Cl2NO/c1-2-5-13-6-3-4-9-19(13)11-16(20)14-10-12(17)7-8-15(14)18/h7-8,10,13H,2-6,9,11H2,1H3. The van der Waals surface area contributed by atoms with Crippen LogP contribution in [0.2, 0.25) is 10.0 Å². The monoisotopic (exact) mass is 313 g/mol. The molecule has 2 nitrogen and oxygen atoms in total. The molecule has 0 bridgehead atoms. The number of halogens is 2. The van der Waals surface area contributed by atoms with Crippen LogP contribution in [0.4, 0.5) is 0 Å². The summed E-state index contributed by atoms with van der Waals surface area (Å²) in [5.74, 6) is 0.0699. The summed E-state index contributed by atoms with van der Waals surface area (Å²) in [6, 6.07) is 5.61. The summed E-state index contributed by atoms with van der Waals surface area (Å²) in [7, 11) is 0. The molecule has 1 fully saturated rings. The predicted octanol–water partition coefficient (Wildman–Crippen LogP) is 4.83. The van der Waals surface area contributed by atoms with E-state index in [9.17, 15) is 4.79 Å². The van der Waals surface area contributed by atoms with Crippen LogP contribution in [-0.2, 0) is 0 Å². The largest absolute Gasteiger partial charge is 0.293 e. The lowest BCUT2D eigenvalue weighted by Crippen LogP contribution is -2.42. The molecule has 0 amide bonds. The van der Waals surface area contributed by atoms with Gasteiger partial charge in [0.25, 0.3) is 0 Å². The van der Waals surface area contributed by atoms with E-state index in [4.69, 9.17) is 23.2 Å². The molecule has 0 aromatic heterocycles. The normalized spacial score (nSPS) is 20.1. The summed E-state index contributed by atoms with van der Waals surface area (Å²) in [6.07, 6.45) is 5.97. The van der Waals surface area contributed by atoms with E-state index in [0.717, 1.165) is 19.4 Å². The maximum atomic E-state index is 12.5. The first kappa shape index (κ1) is 15.8. The van der Waals surface area contributed by atoms with Crippen LogP contribution in [0.1, 0.15) is 49.4 Å². The third kappa shape index (κ3) is 3.97. The zero-order chi connectivity index (χ0) is 14.5. The highest BCUT2D eigenvalue weighted by Gasteiger charge is 2.24. The van der Waals surface area contributed by atoms with Gasteiger partial charge in [-0.2, -0.15) is 0 Å². The number of hydrogen-bond acceptors (Lipinski definition) is 2. The number of hydrogen-bond donors (Lipinski definition) is 0. The SMILES string of the molecule is CCCC1CCCCN1CC(=O)c1cc(Cl)ccc1Cl. The number of nitrogens with zero attached hydrogens (tertiary/aromatic N) is 1. The summed E-state index contributed by atoms with van der Waals surface area (Å²) in [4.78, 5) is 14.8. The van der Waals surface area contributed by atoms with Gasteiger partial charge in [0.1, 0.15) is 0 Å². The van der Waals surface area contributed by atoms with Gasteiger partial charge in [0.15, 0.2) is 5.78 Å². The number of carbonyl (C=O) groups excluding carboxylic acids is 1. The Morgan fingerprint density at radius 2 is 2.15 bits per heavy atom. The van der Waals surface area contributed by atoms with Crippen molar-refractivity contribution in [3.8, 4) is 0 Å². The van der Waals surface area contributed by atoms with Gasteiger partial charge in [-0.3, -0.25) is 9.69 Å². The zero-order valence-corrected chi connectivity index (χ0v) is 13.4. The van der Waals surface area contributed by atoms with Crippen LogP contribution >= 0.6 is 23.2 Å². The molecule has 1 unspecified atom stereocenters. The Balaban J connectivity index is 2.07. The second kappa shape index (κ2) is 7.44. The maximum absolute atomic E-state index is 12.5. The Morgan fingerprint density at radius 1 is 1.35 bits per heavy atom. The smallest absolute Gasteiger partial charge is 0.178 e. The fourth-order valence-electron chi connectivity index (χ4n) is 2.91. The van der Waals surface area contributed by atoms with Gasteiger partial charge in [0.05, 0.1) is 11.6 Å². The number of ketones is 1. The molecule has 0 spiro atoms. The minimum Gasteiger partial charge on any atom is -0.293 e. The van der Waals surface area contributed by atoms with Gasteiger partial charge in [0, 0.05) is 16.6 Å². The highest BCUT2D eigenvalue weighted by atomic mass is 35.5. The van der Waals surface area contributed by atoms with Crippen molar-refractivity contribution >= 4 is 29.0 Å². The number of rotatable bonds is 5. The number of piperidine rings is 1. The molecular weight excluding hydrogens is 293 g/mol. The van der Waals surface area contributed by atoms with Gasteiger partial charge >= 0.3 is 0 Å². The molecule has 0 N–H and O–H groups in total. The number of carbonyl (C=O) groups is 1. The first-order valence-electron chi connectivity index (χ1n) is 7.34. The van der Waals surface area contributed by atoms with Crippen molar-refractivity contribution in [1.29, 1.82) is 0 Å². The summed E-state index contributed by atoms with van der Waals surface area (Å²) in [6.45, 7) is 3.65. The Bertz CT molecular complexity index is 474. The molecule has 0 saturated carbocycles. The third-order valence-electron chi connectivity index (χ3n) is 3.95. The van der Waals surface area contributed by atoms with E-state index >= 15 is 0 Å². The van der Waals surface area contributed by atoms with Gasteiger partial charge in [-0.1, -0.05) is 43.0 Å². The van der Waals surface area contributed by atoms with Crippen molar-refractivity contribution in [3.63, 3.8) is 0 Å². The van der Waals surface area contributed by atoms with E-state index in [2.05, 4.69) is 11.8 Å². The Labute approximate surface area is 131 Å². The second-order valence-electron chi connectivity index (χ2n) is 5.46. The first-order chi connectivity index (χ1) is 9.61. The van der Waals surface area contributed by atoms with Crippen LogP contribution in [0.3, 0.4) is 0 Å². The van der Waals surface area contributed by atoms with Crippen LogP contribution in [0.15, 0.2) is 18.2 Å². The van der Waals surface area contributed by atoms with Crippen molar-refractivity contribution in [3.05, 3.63) is 33.8 Å². The molecule has 1 atom stereocenters. The topological polar surface area (TPSA) is 20.3 Å². The predicted molar refractivity (Wildman–Crippen MR) is 84.9 cm³/mol. The molecule has 2 rings (SSSR count). The van der Waals surface area contributed by atoms with Crippen LogP contribution in [-0.4, -0.2) is 29.8 Å². The lowest BCUT2D eigenvalue weighted by molar-refractivity contribution is 0.0831. The lowest BCUT2D eigenvalue weighted by atomic mass is 9.97. The molecule has 1 heterocycles. The number of Topliss-reactive ketones (excluding diaryl/α,β-unsaturated/α-hetero) is 1. The average molecular weight is 314 g/mol. The molecule has 1 saturated heterocycles. The minimum absolute atomic E-state index is 0.0699. The van der Waals surface area contributed by atoms with E-state index < -0.39 is 0 Å². The van der Waals surface area contributed by atoms with E-state index in [1.807, 2.05) is 0 Å². The summed E-state index contributed by atoms with van der Waals surface area (Å²) < 4.78 is 0. The molecule has 1 aliphatic rings. The summed E-state index contributed by atoms with van der Waals surface area (Å²) >= 11 is 12.1. The molecule has 4 heteroatoms. The van der Waals surface area contributed by atoms with Crippen molar-refractivity contribution < 1.29 is 4.79 Å². The van der Waals surface area contributed by atoms with Gasteiger partial charge in [-0.05, 0) is 44.0 Å². The molecule has 1 aromatic carbocycles. The van der Waals surface area contributed by atoms with E-state index in [1.165, 1.54) is 19.3 Å². The van der Waals surface area contributed by atoms with Gasteiger partial charge in [0.2, 0.25) is 0 Å². The molecule has 0 aliphatic carbocycles. The Morgan fingerprint density at radius 3 is 2.90 bits per heavy atom. The molecule has 1 aliphatic heterocycles. The van der Waals surface area contributed by atoms with E-state index in [1.54, 1.807) is 18.2 Å². The Kier molecular flexibility index (Phi) is 5.88. The molecule has 0 radical (unpaired) electrons. The number of benzene rings is 1. The van der Waals surface area contributed by atoms with Gasteiger partial charge in [-0.25, -0.2) is 0 Å². The van der Waals surface area contributed by atoms with Crippen molar-refractivity contribution in [2.75, 3.05) is 13.1 Å². The van der Waals surface area contributed by atoms with Crippen LogP contribution < -0.4 is 0 Å². The second-order valence-corrected chi connectivity index (χ2v) is 6.30. The highest BCUT2D eigenvalue weighted by molar-refractivity contribution is 6.36. The van der Waals surface area contributed by atoms with Crippen molar-refractivity contribution in [2.24, 2.45) is 0 Å². The van der Waals surface area contributed by atoms with Crippen LogP contribution in [0, 0.1) is 0 Å². The van der Waals surface area contributed by atoms with Crippen molar-refractivity contribution in [2.45, 2.75) is 45.1 Å². The van der Waals surface area contributed by atoms with Crippen molar-refractivity contribution in [1.82, 2.24) is 4.90 Å². The average Bonchev–Trinajstić information content (AvgIpc) is 2.44. The maximum Gasteiger partial charge on any atom is 0.178 e. The molecular formula is C16H21Cl2NO. The lowest BCUT2D eigenvalue weighted by Gasteiger charge is -2.35. The van der Waals surface area contributed by atoms with Gasteiger partial charge in [-0.15, -0.1) is 0 Å². The molecule has 1 aromatic rings. The first-order valence-corrected chi connectivity index (χ1v) is 8.09. The summed E-state index contributed by atoms with van der Waals surface area (Å²) in [5, 5.41) is 1.05. The Hall–Kier alpha value is -0.570.